The number of carbonyl (C=O) groups excluding carboxylic acids is 2. The van der Waals surface area contributed by atoms with Crippen LogP contribution < -0.4 is 10.6 Å². The highest BCUT2D eigenvalue weighted by Gasteiger charge is 2.12. The minimum Gasteiger partial charge on any atom is -0.333 e. The topological polar surface area (TPSA) is 79.3 Å². The second-order valence-electron chi connectivity index (χ2n) is 8.17. The van der Waals surface area contributed by atoms with E-state index in [0.29, 0.717) is 24.2 Å². The molecule has 0 radical (unpaired) electrons. The molecule has 166 valence electrons. The lowest BCUT2D eigenvalue weighted by molar-refractivity contribution is -0.116. The molecule has 2 amide bonds. The molecule has 0 bridgehead atoms. The number of likely N-dealkylation sites (tertiary alicyclic amines) is 1. The number of imidazole rings is 1. The standard InChI is InChI=1S/C25H29N5O2/c31-24(11-15-29-13-2-1-3-14-29)27-22-7-9-23(10-8-22)28-25(32)21-6-4-5-20(17-21)18-30-16-12-26-19-30/h4-10,12,16-17,19H,1-3,11,13-15,18H2,(H,27,31)(H,28,32). The molecule has 4 rings (SSSR count). The summed E-state index contributed by atoms with van der Waals surface area (Å²) in [6, 6.07) is 14.8. The van der Waals surface area contributed by atoms with Gasteiger partial charge in [-0.15, -0.1) is 0 Å². The van der Waals surface area contributed by atoms with Gasteiger partial charge in [0.25, 0.3) is 5.91 Å². The van der Waals surface area contributed by atoms with Gasteiger partial charge in [-0.25, -0.2) is 4.98 Å². The van der Waals surface area contributed by atoms with Crippen LogP contribution >= 0.6 is 0 Å². The van der Waals surface area contributed by atoms with E-state index in [9.17, 15) is 9.59 Å². The first-order valence-corrected chi connectivity index (χ1v) is 11.1. The zero-order valence-corrected chi connectivity index (χ0v) is 18.2. The summed E-state index contributed by atoms with van der Waals surface area (Å²) in [6.07, 6.45) is 9.61. The molecule has 7 heteroatoms. The van der Waals surface area contributed by atoms with Gasteiger partial charge in [-0.05, 0) is 67.9 Å². The number of carbonyl (C=O) groups is 2. The molecular weight excluding hydrogens is 402 g/mol. The molecule has 1 aliphatic heterocycles. The van der Waals surface area contributed by atoms with Gasteiger partial charge in [-0.3, -0.25) is 9.59 Å². The van der Waals surface area contributed by atoms with E-state index in [2.05, 4.69) is 20.5 Å². The predicted octanol–water partition coefficient (Wildman–Crippen LogP) is 4.00. The Morgan fingerprint density at radius 2 is 1.69 bits per heavy atom. The minimum absolute atomic E-state index is 0.0158. The van der Waals surface area contributed by atoms with Crippen LogP contribution in [0.15, 0.2) is 67.3 Å². The van der Waals surface area contributed by atoms with Crippen molar-refractivity contribution < 1.29 is 9.59 Å². The van der Waals surface area contributed by atoms with Crippen molar-refractivity contribution in [2.45, 2.75) is 32.2 Å². The van der Waals surface area contributed by atoms with E-state index in [1.165, 1.54) is 19.3 Å². The van der Waals surface area contributed by atoms with E-state index in [-0.39, 0.29) is 11.8 Å². The van der Waals surface area contributed by atoms with Crippen LogP contribution in [0.1, 0.15) is 41.6 Å². The van der Waals surface area contributed by atoms with E-state index in [4.69, 9.17) is 0 Å². The molecule has 3 aromatic rings. The molecule has 0 aliphatic carbocycles. The highest BCUT2D eigenvalue weighted by molar-refractivity contribution is 6.04. The zero-order valence-electron chi connectivity index (χ0n) is 18.2. The van der Waals surface area contributed by atoms with Crippen LogP contribution in [0.25, 0.3) is 0 Å². The summed E-state index contributed by atoms with van der Waals surface area (Å²) in [5, 5.41) is 5.85. The van der Waals surface area contributed by atoms with E-state index in [0.717, 1.165) is 30.9 Å². The van der Waals surface area contributed by atoms with Crippen molar-refractivity contribution in [3.8, 4) is 0 Å². The number of nitrogens with one attached hydrogen (secondary N) is 2. The summed E-state index contributed by atoms with van der Waals surface area (Å²) in [7, 11) is 0. The molecule has 0 saturated carbocycles. The molecule has 1 fully saturated rings. The molecule has 0 atom stereocenters. The van der Waals surface area contributed by atoms with Crippen molar-refractivity contribution in [2.24, 2.45) is 0 Å². The van der Waals surface area contributed by atoms with Crippen LogP contribution in [0.4, 0.5) is 11.4 Å². The summed E-state index contributed by atoms with van der Waals surface area (Å²) in [5.41, 5.74) is 3.03. The third-order valence-electron chi connectivity index (χ3n) is 5.64. The number of piperidine rings is 1. The van der Waals surface area contributed by atoms with E-state index in [1.54, 1.807) is 30.7 Å². The largest absolute Gasteiger partial charge is 0.333 e. The van der Waals surface area contributed by atoms with Crippen LogP contribution in [-0.4, -0.2) is 45.9 Å². The van der Waals surface area contributed by atoms with Crippen LogP contribution in [0.3, 0.4) is 0 Å². The normalized spacial score (nSPS) is 14.1. The van der Waals surface area contributed by atoms with Gasteiger partial charge in [0.2, 0.25) is 5.91 Å². The van der Waals surface area contributed by atoms with Crippen molar-refractivity contribution in [1.29, 1.82) is 0 Å². The third-order valence-corrected chi connectivity index (χ3v) is 5.64. The summed E-state index contributed by atoms with van der Waals surface area (Å²) < 4.78 is 1.95. The van der Waals surface area contributed by atoms with Crippen LogP contribution in [-0.2, 0) is 11.3 Å². The average Bonchev–Trinajstić information content (AvgIpc) is 3.33. The number of benzene rings is 2. The molecule has 2 aromatic carbocycles. The lowest BCUT2D eigenvalue weighted by Gasteiger charge is -2.25. The Balaban J connectivity index is 1.27. The summed E-state index contributed by atoms with van der Waals surface area (Å²) >= 11 is 0. The Morgan fingerprint density at radius 1 is 0.938 bits per heavy atom. The van der Waals surface area contributed by atoms with Crippen LogP contribution in [0, 0.1) is 0 Å². The van der Waals surface area contributed by atoms with Crippen molar-refractivity contribution in [3.63, 3.8) is 0 Å². The Bertz CT molecular complexity index is 1020. The van der Waals surface area contributed by atoms with Gasteiger partial charge in [0.15, 0.2) is 0 Å². The van der Waals surface area contributed by atoms with Crippen molar-refractivity contribution in [2.75, 3.05) is 30.3 Å². The Labute approximate surface area is 188 Å². The molecular formula is C25H29N5O2. The fraction of sp³-hybridized carbons (Fsp3) is 0.320. The van der Waals surface area contributed by atoms with Crippen LogP contribution in [0.2, 0.25) is 0 Å². The lowest BCUT2D eigenvalue weighted by atomic mass is 10.1. The number of aromatic nitrogens is 2. The third kappa shape index (κ3) is 6.28. The number of rotatable bonds is 8. The Hall–Kier alpha value is -3.45. The average molecular weight is 432 g/mol. The number of anilines is 2. The summed E-state index contributed by atoms with van der Waals surface area (Å²) in [5.74, 6) is -0.155. The monoisotopic (exact) mass is 431 g/mol. The maximum Gasteiger partial charge on any atom is 0.255 e. The van der Waals surface area contributed by atoms with Gasteiger partial charge in [0.1, 0.15) is 0 Å². The van der Waals surface area contributed by atoms with Gasteiger partial charge < -0.3 is 20.1 Å². The number of nitrogens with zero attached hydrogens (tertiary/aromatic N) is 3. The molecule has 1 aliphatic rings. The Kier molecular flexibility index (Phi) is 7.30. The first-order chi connectivity index (χ1) is 15.7. The molecule has 2 heterocycles. The molecule has 0 spiro atoms. The number of hydrogen-bond acceptors (Lipinski definition) is 4. The van der Waals surface area contributed by atoms with Gasteiger partial charge >= 0.3 is 0 Å². The van der Waals surface area contributed by atoms with Crippen molar-refractivity contribution in [1.82, 2.24) is 14.5 Å². The number of amides is 2. The summed E-state index contributed by atoms with van der Waals surface area (Å²) in [6.45, 7) is 3.65. The second-order valence-corrected chi connectivity index (χ2v) is 8.17. The smallest absolute Gasteiger partial charge is 0.255 e. The molecule has 1 saturated heterocycles. The predicted molar refractivity (Wildman–Crippen MR) is 126 cm³/mol. The van der Waals surface area contributed by atoms with E-state index >= 15 is 0 Å². The first-order valence-electron chi connectivity index (χ1n) is 11.1. The second kappa shape index (κ2) is 10.7. The van der Waals surface area contributed by atoms with Gasteiger partial charge in [0, 0.05) is 48.8 Å². The summed E-state index contributed by atoms with van der Waals surface area (Å²) in [4.78, 5) is 31.3. The quantitative estimate of drug-likeness (QED) is 0.565. The maximum absolute atomic E-state index is 12.7. The van der Waals surface area contributed by atoms with Gasteiger partial charge in [-0.1, -0.05) is 18.6 Å². The van der Waals surface area contributed by atoms with Gasteiger partial charge in [-0.2, -0.15) is 0 Å². The molecule has 2 N–H and O–H groups in total. The van der Waals surface area contributed by atoms with E-state index in [1.807, 2.05) is 41.1 Å². The van der Waals surface area contributed by atoms with Crippen molar-refractivity contribution in [3.05, 3.63) is 78.4 Å². The zero-order chi connectivity index (χ0) is 22.2. The lowest BCUT2D eigenvalue weighted by Crippen LogP contribution is -2.32. The molecule has 7 nitrogen and oxygen atoms in total. The first kappa shape index (κ1) is 21.8. The molecule has 1 aromatic heterocycles. The van der Waals surface area contributed by atoms with Crippen molar-refractivity contribution >= 4 is 23.2 Å². The highest BCUT2D eigenvalue weighted by atomic mass is 16.2. The fourth-order valence-corrected chi connectivity index (χ4v) is 3.91. The Morgan fingerprint density at radius 3 is 2.41 bits per heavy atom. The van der Waals surface area contributed by atoms with E-state index < -0.39 is 0 Å². The molecule has 0 unspecified atom stereocenters. The van der Waals surface area contributed by atoms with Gasteiger partial charge in [0.05, 0.1) is 6.33 Å². The fourth-order valence-electron chi connectivity index (χ4n) is 3.91. The number of hydrogen-bond donors (Lipinski definition) is 2. The molecule has 32 heavy (non-hydrogen) atoms. The highest BCUT2D eigenvalue weighted by Crippen LogP contribution is 2.16. The SMILES string of the molecule is O=C(CCN1CCCCC1)Nc1ccc(NC(=O)c2cccc(Cn3ccnc3)c2)cc1. The maximum atomic E-state index is 12.7. The minimum atomic E-state index is -0.171. The van der Waals surface area contributed by atoms with Crippen LogP contribution in [0.5, 0.6) is 0 Å².